The molecule has 0 saturated heterocycles. The molecule has 3 rings (SSSR count). The molecule has 1 aromatic rings. The lowest BCUT2D eigenvalue weighted by atomic mass is 9.80. The Labute approximate surface area is 197 Å². The minimum atomic E-state index is 0.538. The maximum atomic E-state index is 4.32. The van der Waals surface area contributed by atoms with E-state index < -0.39 is 0 Å². The highest BCUT2D eigenvalue weighted by Gasteiger charge is 2.20. The molecular formula is C30H44N2. The van der Waals surface area contributed by atoms with Crippen molar-refractivity contribution < 1.29 is 0 Å². The van der Waals surface area contributed by atoms with Gasteiger partial charge in [0.15, 0.2) is 0 Å². The van der Waals surface area contributed by atoms with Crippen molar-refractivity contribution in [3.63, 3.8) is 0 Å². The van der Waals surface area contributed by atoms with Crippen LogP contribution in [-0.4, -0.2) is 10.2 Å². The first-order chi connectivity index (χ1) is 15.8. The summed E-state index contributed by atoms with van der Waals surface area (Å²) in [5.41, 5.74) is 1.57. The molecule has 1 aromatic heterocycles. The summed E-state index contributed by atoms with van der Waals surface area (Å²) in [6, 6.07) is 3.98. The predicted molar refractivity (Wildman–Crippen MR) is 135 cm³/mol. The van der Waals surface area contributed by atoms with Crippen LogP contribution in [0, 0.1) is 47.4 Å². The van der Waals surface area contributed by atoms with Gasteiger partial charge in [-0.15, -0.1) is 10.2 Å². The summed E-state index contributed by atoms with van der Waals surface area (Å²) in [5.74, 6) is 16.4. The van der Waals surface area contributed by atoms with E-state index in [4.69, 9.17) is 0 Å². The van der Waals surface area contributed by atoms with Gasteiger partial charge >= 0.3 is 0 Å². The van der Waals surface area contributed by atoms with Crippen molar-refractivity contribution in [3.8, 4) is 23.7 Å². The average molecular weight is 433 g/mol. The van der Waals surface area contributed by atoms with E-state index >= 15 is 0 Å². The van der Waals surface area contributed by atoms with Crippen molar-refractivity contribution in [1.29, 1.82) is 0 Å². The molecule has 2 aliphatic carbocycles. The summed E-state index contributed by atoms with van der Waals surface area (Å²) in [5, 5.41) is 8.64. The monoisotopic (exact) mass is 432 g/mol. The molecule has 0 radical (unpaired) electrons. The smallest absolute Gasteiger partial charge is 0.135 e. The molecular weight excluding hydrogens is 388 g/mol. The average Bonchev–Trinajstić information content (AvgIpc) is 2.84. The van der Waals surface area contributed by atoms with Gasteiger partial charge in [-0.25, -0.2) is 0 Å². The van der Waals surface area contributed by atoms with E-state index in [0.29, 0.717) is 11.8 Å². The van der Waals surface area contributed by atoms with Gasteiger partial charge < -0.3 is 0 Å². The maximum absolute atomic E-state index is 4.32. The fraction of sp³-hybridized carbons (Fsp3) is 0.733. The molecule has 2 aliphatic rings. The van der Waals surface area contributed by atoms with Gasteiger partial charge in [0.05, 0.1) is 0 Å². The van der Waals surface area contributed by atoms with Crippen LogP contribution in [0.4, 0.5) is 0 Å². The molecule has 2 heteroatoms. The van der Waals surface area contributed by atoms with Crippen LogP contribution in [0.3, 0.4) is 0 Å². The molecule has 32 heavy (non-hydrogen) atoms. The first kappa shape index (κ1) is 24.8. The summed E-state index contributed by atoms with van der Waals surface area (Å²) in [6.07, 6.45) is 21.5. The van der Waals surface area contributed by atoms with Gasteiger partial charge in [0.2, 0.25) is 0 Å². The summed E-state index contributed by atoms with van der Waals surface area (Å²) >= 11 is 0. The fourth-order valence-corrected chi connectivity index (χ4v) is 5.37. The summed E-state index contributed by atoms with van der Waals surface area (Å²) in [4.78, 5) is 0. The van der Waals surface area contributed by atoms with E-state index in [9.17, 15) is 0 Å². The minimum absolute atomic E-state index is 0.538. The van der Waals surface area contributed by atoms with E-state index in [2.05, 4.69) is 47.7 Å². The molecule has 2 saturated carbocycles. The Balaban J connectivity index is 1.39. The van der Waals surface area contributed by atoms with Crippen molar-refractivity contribution in [2.45, 2.75) is 117 Å². The number of hydrogen-bond donors (Lipinski definition) is 0. The number of rotatable bonds is 8. The van der Waals surface area contributed by atoms with Gasteiger partial charge in [-0.05, 0) is 87.2 Å². The molecule has 0 N–H and O–H groups in total. The number of unbranched alkanes of at least 4 members (excludes halogenated alkanes) is 4. The zero-order valence-corrected chi connectivity index (χ0v) is 20.7. The summed E-state index contributed by atoms with van der Waals surface area (Å²) in [6.45, 7) is 4.57. The molecule has 0 aromatic carbocycles. The largest absolute Gasteiger partial charge is 0.141 e. The lowest BCUT2D eigenvalue weighted by Gasteiger charge is -2.25. The Hall–Kier alpha value is -1.80. The van der Waals surface area contributed by atoms with Gasteiger partial charge in [0, 0.05) is 11.8 Å². The highest BCUT2D eigenvalue weighted by atomic mass is 15.1. The molecule has 0 spiro atoms. The van der Waals surface area contributed by atoms with E-state index in [-0.39, 0.29) is 0 Å². The lowest BCUT2D eigenvalue weighted by molar-refractivity contribution is 0.294. The Bertz CT molecular complexity index is 690. The Morgan fingerprint density at radius 1 is 0.625 bits per heavy atom. The van der Waals surface area contributed by atoms with Crippen molar-refractivity contribution in [1.82, 2.24) is 10.2 Å². The van der Waals surface area contributed by atoms with Crippen LogP contribution in [0.5, 0.6) is 0 Å². The quantitative estimate of drug-likeness (QED) is 0.307. The van der Waals surface area contributed by atoms with Crippen LogP contribution in [0.15, 0.2) is 12.1 Å². The van der Waals surface area contributed by atoms with Crippen molar-refractivity contribution in [2.75, 3.05) is 0 Å². The third kappa shape index (κ3) is 8.98. The van der Waals surface area contributed by atoms with Crippen molar-refractivity contribution in [3.05, 3.63) is 23.5 Å². The second-order valence-corrected chi connectivity index (χ2v) is 10.3. The molecule has 2 nitrogen and oxygen atoms in total. The zero-order chi connectivity index (χ0) is 22.4. The third-order valence-electron chi connectivity index (χ3n) is 7.60. The minimum Gasteiger partial charge on any atom is -0.141 e. The topological polar surface area (TPSA) is 25.8 Å². The van der Waals surface area contributed by atoms with Crippen LogP contribution in [0.1, 0.15) is 128 Å². The van der Waals surface area contributed by atoms with E-state index in [0.717, 1.165) is 23.2 Å². The van der Waals surface area contributed by atoms with Crippen LogP contribution in [0.2, 0.25) is 0 Å². The second-order valence-electron chi connectivity index (χ2n) is 10.3. The summed E-state index contributed by atoms with van der Waals surface area (Å²) < 4.78 is 0. The van der Waals surface area contributed by atoms with Gasteiger partial charge in [0.25, 0.3) is 0 Å². The Kier molecular flexibility index (Phi) is 11.2. The van der Waals surface area contributed by atoms with Crippen LogP contribution in [-0.2, 0) is 0 Å². The number of nitrogens with zero attached hydrogens (tertiary/aromatic N) is 2. The third-order valence-corrected chi connectivity index (χ3v) is 7.60. The number of aromatic nitrogens is 2. The van der Waals surface area contributed by atoms with E-state index in [1.54, 1.807) is 0 Å². The van der Waals surface area contributed by atoms with Crippen LogP contribution < -0.4 is 0 Å². The Morgan fingerprint density at radius 3 is 1.38 bits per heavy atom. The first-order valence-corrected chi connectivity index (χ1v) is 13.6. The van der Waals surface area contributed by atoms with Crippen molar-refractivity contribution >= 4 is 0 Å². The SMILES string of the molecule is CCCCCC1CCC(C#Cc2ccc(C#CC3CCC(CCCCC)CC3)nn2)CC1. The van der Waals surface area contributed by atoms with Gasteiger partial charge in [-0.3, -0.25) is 0 Å². The molecule has 2 fully saturated rings. The predicted octanol–water partition coefficient (Wildman–Crippen LogP) is 7.95. The van der Waals surface area contributed by atoms with Gasteiger partial charge in [-0.2, -0.15) is 0 Å². The molecule has 0 amide bonds. The van der Waals surface area contributed by atoms with Crippen LogP contribution in [0.25, 0.3) is 0 Å². The van der Waals surface area contributed by atoms with Gasteiger partial charge in [-0.1, -0.05) is 77.1 Å². The lowest BCUT2D eigenvalue weighted by Crippen LogP contribution is -2.13. The maximum Gasteiger partial charge on any atom is 0.135 e. The van der Waals surface area contributed by atoms with Crippen molar-refractivity contribution in [2.24, 2.45) is 23.7 Å². The number of hydrogen-bond acceptors (Lipinski definition) is 2. The van der Waals surface area contributed by atoms with E-state index in [1.165, 1.54) is 103 Å². The fourth-order valence-electron chi connectivity index (χ4n) is 5.37. The molecule has 174 valence electrons. The van der Waals surface area contributed by atoms with Gasteiger partial charge in [0.1, 0.15) is 11.4 Å². The first-order valence-electron chi connectivity index (χ1n) is 13.6. The molecule has 0 bridgehead atoms. The highest BCUT2D eigenvalue weighted by molar-refractivity contribution is 5.32. The van der Waals surface area contributed by atoms with Crippen LogP contribution >= 0.6 is 0 Å². The molecule has 1 heterocycles. The standard InChI is InChI=1S/C30H44N2/c1-3-5-7-9-25-11-15-27(16-12-25)19-21-29-23-24-30(32-31-29)22-20-28-17-13-26(14-18-28)10-8-6-4-2/h23-28H,3-18H2,1-2H3. The molecule has 0 atom stereocenters. The summed E-state index contributed by atoms with van der Waals surface area (Å²) in [7, 11) is 0. The van der Waals surface area contributed by atoms with E-state index in [1.807, 2.05) is 12.1 Å². The second kappa shape index (κ2) is 14.4. The normalized spacial score (nSPS) is 25.3. The molecule has 0 aliphatic heterocycles. The highest BCUT2D eigenvalue weighted by Crippen LogP contribution is 2.32. The molecule has 0 unspecified atom stereocenters. The Morgan fingerprint density at radius 2 is 1.03 bits per heavy atom. The zero-order valence-electron chi connectivity index (χ0n) is 20.7.